The van der Waals surface area contributed by atoms with Gasteiger partial charge in [-0.05, 0) is 44.4 Å². The molecule has 4 atom stereocenters. The summed E-state index contributed by atoms with van der Waals surface area (Å²) in [6, 6.07) is 0. The summed E-state index contributed by atoms with van der Waals surface area (Å²) in [5.41, 5.74) is -0.435. The smallest absolute Gasteiger partial charge is 0.0625 e. The number of aliphatic hydroxyl groups excluding tert-OH is 1. The van der Waals surface area contributed by atoms with E-state index in [0.29, 0.717) is 11.8 Å². The van der Waals surface area contributed by atoms with Gasteiger partial charge in [0.25, 0.3) is 0 Å². The van der Waals surface area contributed by atoms with Crippen LogP contribution in [0.1, 0.15) is 32.6 Å². The van der Waals surface area contributed by atoms with E-state index in [4.69, 9.17) is 0 Å². The Morgan fingerprint density at radius 2 is 1.64 bits per heavy atom. The van der Waals surface area contributed by atoms with Crippen LogP contribution in [0, 0.1) is 11.8 Å². The molecule has 2 rings (SSSR count). The fourth-order valence-electron chi connectivity index (χ4n) is 2.89. The molecule has 2 saturated carbocycles. The third-order valence-corrected chi connectivity index (χ3v) is 3.22. The van der Waals surface area contributed by atoms with Crippen molar-refractivity contribution in [1.82, 2.24) is 0 Å². The van der Waals surface area contributed by atoms with Crippen LogP contribution in [0.4, 0.5) is 0 Å². The average Bonchev–Trinajstić information content (AvgIpc) is 2.17. The summed E-state index contributed by atoms with van der Waals surface area (Å²) in [5.74, 6) is 1.19. The third kappa shape index (κ3) is 1.30. The molecule has 0 aromatic heterocycles. The summed E-state index contributed by atoms with van der Waals surface area (Å²) in [5, 5.41) is 19.0. The molecule has 2 aliphatic rings. The lowest BCUT2D eigenvalue weighted by molar-refractivity contribution is 0.0511. The lowest BCUT2D eigenvalue weighted by Gasteiger charge is -2.17. The van der Waals surface area contributed by atoms with Crippen molar-refractivity contribution in [1.29, 1.82) is 0 Å². The van der Waals surface area contributed by atoms with E-state index in [1.807, 2.05) is 6.92 Å². The number of fused-ring (bicyclic) bond motifs is 1. The van der Waals surface area contributed by atoms with Gasteiger partial charge in [0.1, 0.15) is 0 Å². The zero-order valence-corrected chi connectivity index (χ0v) is 6.95. The van der Waals surface area contributed by atoms with Crippen molar-refractivity contribution in [3.8, 4) is 0 Å². The fourth-order valence-corrected chi connectivity index (χ4v) is 2.89. The molecule has 0 aliphatic heterocycles. The summed E-state index contributed by atoms with van der Waals surface area (Å²) in [7, 11) is 0. The lowest BCUT2D eigenvalue weighted by Crippen LogP contribution is -2.20. The maximum atomic E-state index is 9.70. The topological polar surface area (TPSA) is 40.5 Å². The highest BCUT2D eigenvalue weighted by Gasteiger charge is 2.45. The van der Waals surface area contributed by atoms with E-state index in [9.17, 15) is 10.2 Å². The van der Waals surface area contributed by atoms with Crippen LogP contribution in [0.25, 0.3) is 0 Å². The van der Waals surface area contributed by atoms with Gasteiger partial charge in [-0.2, -0.15) is 0 Å². The maximum absolute atomic E-state index is 9.70. The number of rotatable bonds is 0. The van der Waals surface area contributed by atoms with Crippen LogP contribution in [0.5, 0.6) is 0 Å². The minimum atomic E-state index is -0.435. The van der Waals surface area contributed by atoms with Gasteiger partial charge in [0.15, 0.2) is 0 Å². The Labute approximate surface area is 67.2 Å². The van der Waals surface area contributed by atoms with Gasteiger partial charge in [0, 0.05) is 0 Å². The molecular formula is C9H16O2. The number of hydrogen-bond acceptors (Lipinski definition) is 2. The van der Waals surface area contributed by atoms with Gasteiger partial charge in [-0.1, -0.05) is 0 Å². The summed E-state index contributed by atoms with van der Waals surface area (Å²) in [6.07, 6.45) is 3.55. The minimum absolute atomic E-state index is 0.0823. The molecule has 2 heteroatoms. The molecule has 3 unspecified atom stereocenters. The summed E-state index contributed by atoms with van der Waals surface area (Å²) in [4.78, 5) is 0. The van der Waals surface area contributed by atoms with Crippen LogP contribution in [0.15, 0.2) is 0 Å². The Balaban J connectivity index is 2.04. The summed E-state index contributed by atoms with van der Waals surface area (Å²) < 4.78 is 0. The molecular weight excluding hydrogens is 140 g/mol. The van der Waals surface area contributed by atoms with Crippen molar-refractivity contribution >= 4 is 0 Å². The standard InChI is InChI=1S/C9H16O2/c1-9(11)4-6-2-8(10)3-7(6)5-9/h6-8,10-11H,2-5H2,1H3/t6-,7?,8?,9?/m0/s1. The molecule has 2 nitrogen and oxygen atoms in total. The quantitative estimate of drug-likeness (QED) is 0.547. The SMILES string of the molecule is CC1(O)CC2CC(O)C[C@H]2C1. The van der Waals surface area contributed by atoms with E-state index < -0.39 is 5.60 Å². The number of aliphatic hydroxyl groups is 2. The van der Waals surface area contributed by atoms with E-state index in [-0.39, 0.29) is 6.10 Å². The molecule has 0 amide bonds. The van der Waals surface area contributed by atoms with E-state index >= 15 is 0 Å². The first-order chi connectivity index (χ1) is 5.07. The first kappa shape index (κ1) is 7.56. The predicted octanol–water partition coefficient (Wildman–Crippen LogP) is 0.918. The second-order valence-electron chi connectivity index (χ2n) is 4.55. The summed E-state index contributed by atoms with van der Waals surface area (Å²) >= 11 is 0. The van der Waals surface area contributed by atoms with E-state index in [2.05, 4.69) is 0 Å². The van der Waals surface area contributed by atoms with E-state index in [1.165, 1.54) is 0 Å². The Kier molecular flexibility index (Phi) is 1.52. The van der Waals surface area contributed by atoms with Crippen LogP contribution < -0.4 is 0 Å². The highest BCUT2D eigenvalue weighted by atomic mass is 16.3. The van der Waals surface area contributed by atoms with Crippen LogP contribution in [-0.4, -0.2) is 21.9 Å². The Bertz CT molecular complexity index is 149. The normalized spacial score (nSPS) is 56.5. The molecule has 0 aromatic carbocycles. The molecule has 0 bridgehead atoms. The molecule has 11 heavy (non-hydrogen) atoms. The highest BCUT2D eigenvalue weighted by Crippen LogP contribution is 2.48. The molecule has 2 aliphatic carbocycles. The van der Waals surface area contributed by atoms with Crippen LogP contribution in [-0.2, 0) is 0 Å². The average molecular weight is 156 g/mol. The first-order valence-corrected chi connectivity index (χ1v) is 4.47. The molecule has 0 aromatic rings. The molecule has 0 heterocycles. The molecule has 0 saturated heterocycles. The molecule has 0 radical (unpaired) electrons. The van der Waals surface area contributed by atoms with E-state index in [0.717, 1.165) is 25.7 Å². The Hall–Kier alpha value is -0.0800. The summed E-state index contributed by atoms with van der Waals surface area (Å²) in [6.45, 7) is 1.91. The largest absolute Gasteiger partial charge is 0.393 e. The zero-order valence-electron chi connectivity index (χ0n) is 6.95. The lowest BCUT2D eigenvalue weighted by atomic mass is 10.0. The van der Waals surface area contributed by atoms with Gasteiger partial charge in [-0.15, -0.1) is 0 Å². The second-order valence-corrected chi connectivity index (χ2v) is 4.55. The monoisotopic (exact) mass is 156 g/mol. The molecule has 2 fully saturated rings. The van der Waals surface area contributed by atoms with E-state index in [1.54, 1.807) is 0 Å². The van der Waals surface area contributed by atoms with Crippen LogP contribution in [0.3, 0.4) is 0 Å². The van der Waals surface area contributed by atoms with Gasteiger partial charge in [0.2, 0.25) is 0 Å². The first-order valence-electron chi connectivity index (χ1n) is 4.47. The maximum Gasteiger partial charge on any atom is 0.0625 e. The van der Waals surface area contributed by atoms with Crippen molar-refractivity contribution in [3.63, 3.8) is 0 Å². The van der Waals surface area contributed by atoms with Crippen molar-refractivity contribution in [2.75, 3.05) is 0 Å². The molecule has 0 spiro atoms. The van der Waals surface area contributed by atoms with Gasteiger partial charge in [0.05, 0.1) is 11.7 Å². The number of hydrogen-bond donors (Lipinski definition) is 2. The molecule has 64 valence electrons. The zero-order chi connectivity index (χ0) is 8.06. The van der Waals surface area contributed by atoms with Gasteiger partial charge < -0.3 is 10.2 Å². The van der Waals surface area contributed by atoms with Gasteiger partial charge >= 0.3 is 0 Å². The predicted molar refractivity (Wildman–Crippen MR) is 42.1 cm³/mol. The van der Waals surface area contributed by atoms with Crippen molar-refractivity contribution < 1.29 is 10.2 Å². The molecule has 2 N–H and O–H groups in total. The van der Waals surface area contributed by atoms with Crippen molar-refractivity contribution in [2.24, 2.45) is 11.8 Å². The fraction of sp³-hybridized carbons (Fsp3) is 1.00. The van der Waals surface area contributed by atoms with Crippen LogP contribution in [0.2, 0.25) is 0 Å². The second kappa shape index (κ2) is 2.20. The Morgan fingerprint density at radius 3 is 2.09 bits per heavy atom. The van der Waals surface area contributed by atoms with Crippen LogP contribution >= 0.6 is 0 Å². The Morgan fingerprint density at radius 1 is 1.18 bits per heavy atom. The highest BCUT2D eigenvalue weighted by molar-refractivity contribution is 4.97. The third-order valence-electron chi connectivity index (χ3n) is 3.22. The van der Waals surface area contributed by atoms with Gasteiger partial charge in [-0.3, -0.25) is 0 Å². The van der Waals surface area contributed by atoms with Gasteiger partial charge in [-0.25, -0.2) is 0 Å². The van der Waals surface area contributed by atoms with Crippen molar-refractivity contribution in [2.45, 2.75) is 44.3 Å². The minimum Gasteiger partial charge on any atom is -0.393 e. The van der Waals surface area contributed by atoms with Crippen molar-refractivity contribution in [3.05, 3.63) is 0 Å².